The minimum Gasteiger partial charge on any atom is -0.493 e. The molecule has 1 aliphatic rings. The summed E-state index contributed by atoms with van der Waals surface area (Å²) in [7, 11) is 0. The summed E-state index contributed by atoms with van der Waals surface area (Å²) < 4.78 is 10.8. The zero-order valence-corrected chi connectivity index (χ0v) is 13.1. The van der Waals surface area contributed by atoms with E-state index in [0.717, 1.165) is 24.3 Å². The molecule has 4 nitrogen and oxygen atoms in total. The van der Waals surface area contributed by atoms with Crippen LogP contribution >= 0.6 is 0 Å². The van der Waals surface area contributed by atoms with Crippen LogP contribution in [0.5, 0.6) is 11.5 Å². The van der Waals surface area contributed by atoms with Crippen LogP contribution < -0.4 is 14.8 Å². The summed E-state index contributed by atoms with van der Waals surface area (Å²) in [4.78, 5) is 12.0. The summed E-state index contributed by atoms with van der Waals surface area (Å²) in [5.74, 6) is 3.75. The van der Waals surface area contributed by atoms with Crippen LogP contribution in [0.25, 0.3) is 6.08 Å². The smallest absolute Gasteiger partial charge is 0.248 e. The second-order valence-electron chi connectivity index (χ2n) is 5.31. The number of ether oxygens (including phenoxy) is 2. The standard InChI is InChI=1S/C20H17NO3/c1-2-11-23-18-5-3-4-17(14-18)21-20(22)9-7-15-6-8-19-16(13-15)10-12-24-19/h1,3-9,13-14H,10-12H2,(H,21,22)/b9-7+. The number of anilines is 1. The Morgan fingerprint density at radius 2 is 2.25 bits per heavy atom. The second-order valence-corrected chi connectivity index (χ2v) is 5.31. The van der Waals surface area contributed by atoms with Crippen molar-refractivity contribution in [2.24, 2.45) is 0 Å². The third kappa shape index (κ3) is 3.96. The van der Waals surface area contributed by atoms with E-state index in [-0.39, 0.29) is 12.5 Å². The van der Waals surface area contributed by atoms with Crippen molar-refractivity contribution >= 4 is 17.7 Å². The van der Waals surface area contributed by atoms with Crippen molar-refractivity contribution in [2.75, 3.05) is 18.5 Å². The number of fused-ring (bicyclic) bond motifs is 1. The van der Waals surface area contributed by atoms with Crippen molar-refractivity contribution in [3.8, 4) is 23.8 Å². The average molecular weight is 319 g/mol. The summed E-state index contributed by atoms with van der Waals surface area (Å²) in [5, 5.41) is 2.80. The van der Waals surface area contributed by atoms with E-state index in [4.69, 9.17) is 15.9 Å². The van der Waals surface area contributed by atoms with Gasteiger partial charge in [0.1, 0.15) is 18.1 Å². The molecule has 0 radical (unpaired) electrons. The number of nitrogens with one attached hydrogen (secondary N) is 1. The molecule has 0 bridgehead atoms. The van der Waals surface area contributed by atoms with E-state index >= 15 is 0 Å². The fourth-order valence-electron chi connectivity index (χ4n) is 2.45. The maximum atomic E-state index is 12.0. The molecule has 1 N–H and O–H groups in total. The van der Waals surface area contributed by atoms with Crippen LogP contribution in [0.15, 0.2) is 48.5 Å². The summed E-state index contributed by atoms with van der Waals surface area (Å²) in [6.07, 6.45) is 9.36. The first-order chi connectivity index (χ1) is 11.7. The fraction of sp³-hybridized carbons (Fsp3) is 0.150. The Labute approximate surface area is 141 Å². The Kier molecular flexibility index (Phi) is 4.83. The second kappa shape index (κ2) is 7.38. The largest absolute Gasteiger partial charge is 0.493 e. The lowest BCUT2D eigenvalue weighted by atomic mass is 10.1. The third-order valence-electron chi connectivity index (χ3n) is 3.56. The molecule has 0 atom stereocenters. The molecule has 120 valence electrons. The van der Waals surface area contributed by atoms with Crippen LogP contribution in [-0.4, -0.2) is 19.1 Å². The van der Waals surface area contributed by atoms with Gasteiger partial charge < -0.3 is 14.8 Å². The Morgan fingerprint density at radius 3 is 3.12 bits per heavy atom. The molecular formula is C20H17NO3. The Morgan fingerprint density at radius 1 is 1.33 bits per heavy atom. The lowest BCUT2D eigenvalue weighted by Gasteiger charge is -2.06. The number of hydrogen-bond acceptors (Lipinski definition) is 3. The van der Waals surface area contributed by atoms with Gasteiger partial charge in [0, 0.05) is 24.3 Å². The molecular weight excluding hydrogens is 302 g/mol. The summed E-state index contributed by atoms with van der Waals surface area (Å²) in [6, 6.07) is 13.0. The van der Waals surface area contributed by atoms with Crippen molar-refractivity contribution in [1.29, 1.82) is 0 Å². The molecule has 1 amide bonds. The Hall–Kier alpha value is -3.19. The SMILES string of the molecule is C#CCOc1cccc(NC(=O)/C=C/c2ccc3c(c2)CCO3)c1. The van der Waals surface area contributed by atoms with Crippen LogP contribution in [0.3, 0.4) is 0 Å². The highest BCUT2D eigenvalue weighted by atomic mass is 16.5. The molecule has 0 saturated heterocycles. The molecule has 0 spiro atoms. The van der Waals surface area contributed by atoms with E-state index in [1.54, 1.807) is 30.3 Å². The van der Waals surface area contributed by atoms with Gasteiger partial charge in [-0.3, -0.25) is 4.79 Å². The first-order valence-electron chi connectivity index (χ1n) is 7.66. The number of carbonyl (C=O) groups is 1. The van der Waals surface area contributed by atoms with Gasteiger partial charge in [-0.1, -0.05) is 18.1 Å². The molecule has 2 aromatic rings. The number of rotatable bonds is 5. The van der Waals surface area contributed by atoms with Gasteiger partial charge in [-0.05, 0) is 41.5 Å². The van der Waals surface area contributed by atoms with E-state index < -0.39 is 0 Å². The van der Waals surface area contributed by atoms with E-state index in [9.17, 15) is 4.79 Å². The van der Waals surface area contributed by atoms with Gasteiger partial charge in [0.2, 0.25) is 5.91 Å². The minimum absolute atomic E-state index is 0.194. The summed E-state index contributed by atoms with van der Waals surface area (Å²) in [5.41, 5.74) is 2.80. The van der Waals surface area contributed by atoms with Crippen molar-refractivity contribution in [1.82, 2.24) is 0 Å². The third-order valence-corrected chi connectivity index (χ3v) is 3.56. The number of amides is 1. The van der Waals surface area contributed by atoms with Gasteiger partial charge in [-0.15, -0.1) is 6.42 Å². The quantitative estimate of drug-likeness (QED) is 0.679. The highest BCUT2D eigenvalue weighted by molar-refractivity contribution is 6.02. The predicted molar refractivity (Wildman–Crippen MR) is 94.1 cm³/mol. The van der Waals surface area contributed by atoms with E-state index in [1.165, 1.54) is 11.6 Å². The lowest BCUT2D eigenvalue weighted by molar-refractivity contribution is -0.111. The molecule has 2 aromatic carbocycles. The normalized spacial score (nSPS) is 12.3. The number of terminal acetylenes is 1. The molecule has 0 unspecified atom stereocenters. The zero-order chi connectivity index (χ0) is 16.8. The van der Waals surface area contributed by atoms with Crippen molar-refractivity contribution < 1.29 is 14.3 Å². The molecule has 0 aliphatic carbocycles. The summed E-state index contributed by atoms with van der Waals surface area (Å²) >= 11 is 0. The van der Waals surface area contributed by atoms with Gasteiger partial charge >= 0.3 is 0 Å². The van der Waals surface area contributed by atoms with Crippen LogP contribution in [0.1, 0.15) is 11.1 Å². The molecule has 1 heterocycles. The first-order valence-corrected chi connectivity index (χ1v) is 7.66. The first kappa shape index (κ1) is 15.7. The maximum Gasteiger partial charge on any atom is 0.248 e. The van der Waals surface area contributed by atoms with Crippen LogP contribution in [0, 0.1) is 12.3 Å². The molecule has 1 aliphatic heterocycles. The highest BCUT2D eigenvalue weighted by Crippen LogP contribution is 2.26. The highest BCUT2D eigenvalue weighted by Gasteiger charge is 2.11. The molecule has 3 rings (SSSR count). The predicted octanol–water partition coefficient (Wildman–Crippen LogP) is 3.29. The summed E-state index contributed by atoms with van der Waals surface area (Å²) in [6.45, 7) is 0.917. The molecule has 4 heteroatoms. The van der Waals surface area contributed by atoms with Gasteiger partial charge in [0.15, 0.2) is 0 Å². The van der Waals surface area contributed by atoms with E-state index in [2.05, 4.69) is 11.2 Å². The molecule has 0 fully saturated rings. The number of carbonyl (C=O) groups excluding carboxylic acids is 1. The maximum absolute atomic E-state index is 12.0. The van der Waals surface area contributed by atoms with Crippen LogP contribution in [-0.2, 0) is 11.2 Å². The van der Waals surface area contributed by atoms with Gasteiger partial charge in [0.25, 0.3) is 0 Å². The van der Waals surface area contributed by atoms with Crippen LogP contribution in [0.2, 0.25) is 0 Å². The molecule has 0 saturated carbocycles. The Balaban J connectivity index is 1.62. The van der Waals surface area contributed by atoms with Crippen LogP contribution in [0.4, 0.5) is 5.69 Å². The number of benzene rings is 2. The van der Waals surface area contributed by atoms with Crippen molar-refractivity contribution in [2.45, 2.75) is 6.42 Å². The van der Waals surface area contributed by atoms with Gasteiger partial charge in [0.05, 0.1) is 6.61 Å². The average Bonchev–Trinajstić information content (AvgIpc) is 3.06. The number of hydrogen-bond donors (Lipinski definition) is 1. The monoisotopic (exact) mass is 319 g/mol. The van der Waals surface area contributed by atoms with E-state index in [0.29, 0.717) is 11.4 Å². The van der Waals surface area contributed by atoms with Crippen molar-refractivity contribution in [3.63, 3.8) is 0 Å². The zero-order valence-electron chi connectivity index (χ0n) is 13.1. The molecule has 0 aromatic heterocycles. The van der Waals surface area contributed by atoms with Crippen molar-refractivity contribution in [3.05, 3.63) is 59.7 Å². The van der Waals surface area contributed by atoms with E-state index in [1.807, 2.05) is 18.2 Å². The Bertz CT molecular complexity index is 818. The fourth-order valence-corrected chi connectivity index (χ4v) is 2.45. The molecule has 24 heavy (non-hydrogen) atoms. The lowest BCUT2D eigenvalue weighted by Crippen LogP contribution is -2.07. The van der Waals surface area contributed by atoms with Gasteiger partial charge in [-0.2, -0.15) is 0 Å². The topological polar surface area (TPSA) is 47.6 Å². The minimum atomic E-state index is -0.208. The van der Waals surface area contributed by atoms with Gasteiger partial charge in [-0.25, -0.2) is 0 Å².